The molecule has 0 amide bonds. The number of likely N-dealkylation sites (tertiary alicyclic amines) is 1. The second-order valence-corrected chi connectivity index (χ2v) is 8.36. The van der Waals surface area contributed by atoms with Crippen molar-refractivity contribution >= 4 is 28.9 Å². The Balaban J connectivity index is 2.05. The van der Waals surface area contributed by atoms with E-state index in [1.165, 1.54) is 11.3 Å². The van der Waals surface area contributed by atoms with Crippen LogP contribution in [0.15, 0.2) is 24.3 Å². The van der Waals surface area contributed by atoms with Gasteiger partial charge in [0, 0.05) is 10.4 Å². The predicted molar refractivity (Wildman–Crippen MR) is 109 cm³/mol. The number of ether oxygens (including phenoxy) is 3. The van der Waals surface area contributed by atoms with Gasteiger partial charge in [0.1, 0.15) is 0 Å². The van der Waals surface area contributed by atoms with E-state index in [1.54, 1.807) is 21.3 Å². The van der Waals surface area contributed by atoms with Gasteiger partial charge in [-0.3, -0.25) is 9.69 Å². The standard InChI is InChI=1S/C20H24ClNO5S/c1-25-14-5-4-13(18(26-2)19(14)27-3)17(15-6-7-16(21)28-15)22-10-8-12(9-11-22)20(23)24/h4-7,12,17H,8-11H2,1-3H3,(H,23,24). The van der Waals surface area contributed by atoms with Gasteiger partial charge in [-0.25, -0.2) is 0 Å². The highest BCUT2D eigenvalue weighted by atomic mass is 35.5. The van der Waals surface area contributed by atoms with Crippen molar-refractivity contribution in [2.24, 2.45) is 5.92 Å². The van der Waals surface area contributed by atoms with Crippen LogP contribution in [-0.2, 0) is 4.79 Å². The minimum Gasteiger partial charge on any atom is -0.493 e. The Morgan fingerprint density at radius 2 is 1.79 bits per heavy atom. The van der Waals surface area contributed by atoms with Crippen molar-refractivity contribution in [2.75, 3.05) is 34.4 Å². The smallest absolute Gasteiger partial charge is 0.306 e. The van der Waals surface area contributed by atoms with Crippen molar-refractivity contribution in [1.29, 1.82) is 0 Å². The average molecular weight is 426 g/mol. The van der Waals surface area contributed by atoms with Crippen LogP contribution < -0.4 is 14.2 Å². The second kappa shape index (κ2) is 9.03. The Labute approximate surface area is 173 Å². The number of aliphatic carboxylic acids is 1. The number of hydrogen-bond donors (Lipinski definition) is 1. The zero-order valence-electron chi connectivity index (χ0n) is 16.1. The molecule has 1 aliphatic rings. The fraction of sp³-hybridized carbons (Fsp3) is 0.450. The number of carboxylic acids is 1. The van der Waals surface area contributed by atoms with Gasteiger partial charge in [0.05, 0.1) is 37.6 Å². The molecule has 0 aliphatic carbocycles. The van der Waals surface area contributed by atoms with Crippen molar-refractivity contribution in [3.63, 3.8) is 0 Å². The molecule has 1 saturated heterocycles. The van der Waals surface area contributed by atoms with Gasteiger partial charge in [0.25, 0.3) is 0 Å². The topological polar surface area (TPSA) is 68.2 Å². The van der Waals surface area contributed by atoms with Gasteiger partial charge in [0.15, 0.2) is 11.5 Å². The SMILES string of the molecule is COc1ccc(C(c2ccc(Cl)s2)N2CCC(C(=O)O)CC2)c(OC)c1OC. The van der Waals surface area contributed by atoms with Crippen LogP contribution in [0.2, 0.25) is 4.34 Å². The fourth-order valence-corrected chi connectivity index (χ4v) is 4.96. The number of methoxy groups -OCH3 is 3. The van der Waals surface area contributed by atoms with Crippen LogP contribution in [0.25, 0.3) is 0 Å². The Bertz CT molecular complexity index is 832. The molecule has 1 N–H and O–H groups in total. The van der Waals surface area contributed by atoms with E-state index in [2.05, 4.69) is 4.90 Å². The Morgan fingerprint density at radius 1 is 1.11 bits per heavy atom. The molecule has 1 aromatic carbocycles. The monoisotopic (exact) mass is 425 g/mol. The van der Waals surface area contributed by atoms with Crippen LogP contribution in [0.3, 0.4) is 0 Å². The lowest BCUT2D eigenvalue weighted by Gasteiger charge is -2.37. The van der Waals surface area contributed by atoms with Gasteiger partial charge in [0.2, 0.25) is 5.75 Å². The molecule has 28 heavy (non-hydrogen) atoms. The van der Waals surface area contributed by atoms with Crippen LogP contribution in [0.4, 0.5) is 0 Å². The van der Waals surface area contributed by atoms with Crippen LogP contribution in [0, 0.1) is 5.92 Å². The van der Waals surface area contributed by atoms with Crippen LogP contribution in [-0.4, -0.2) is 50.4 Å². The number of thiophene rings is 1. The zero-order chi connectivity index (χ0) is 20.3. The molecule has 152 valence electrons. The third-order valence-corrected chi connectivity index (χ3v) is 6.42. The molecule has 2 heterocycles. The van der Waals surface area contributed by atoms with E-state index in [-0.39, 0.29) is 12.0 Å². The van der Waals surface area contributed by atoms with Gasteiger partial charge in [-0.05, 0) is 50.2 Å². The third-order valence-electron chi connectivity index (χ3n) is 5.14. The summed E-state index contributed by atoms with van der Waals surface area (Å²) in [5.74, 6) is 0.721. The molecule has 1 atom stereocenters. The lowest BCUT2D eigenvalue weighted by atomic mass is 9.93. The summed E-state index contributed by atoms with van der Waals surface area (Å²) >= 11 is 7.74. The van der Waals surface area contributed by atoms with E-state index >= 15 is 0 Å². The van der Waals surface area contributed by atoms with Gasteiger partial charge in [-0.1, -0.05) is 11.6 Å². The summed E-state index contributed by atoms with van der Waals surface area (Å²) in [6.45, 7) is 1.35. The number of nitrogens with zero attached hydrogens (tertiary/aromatic N) is 1. The van der Waals surface area contributed by atoms with Crippen molar-refractivity contribution in [3.05, 3.63) is 39.0 Å². The molecule has 0 bridgehead atoms. The molecule has 3 rings (SSSR count). The third kappa shape index (κ3) is 4.06. The van der Waals surface area contributed by atoms with E-state index in [1.807, 2.05) is 24.3 Å². The summed E-state index contributed by atoms with van der Waals surface area (Å²) in [5, 5.41) is 9.32. The number of carbonyl (C=O) groups is 1. The molecule has 1 fully saturated rings. The van der Waals surface area contributed by atoms with E-state index in [4.69, 9.17) is 25.8 Å². The molecular formula is C20H24ClNO5S. The minimum atomic E-state index is -0.723. The van der Waals surface area contributed by atoms with Gasteiger partial charge >= 0.3 is 5.97 Å². The van der Waals surface area contributed by atoms with Crippen LogP contribution in [0.5, 0.6) is 17.2 Å². The summed E-state index contributed by atoms with van der Waals surface area (Å²) in [6.07, 6.45) is 1.22. The maximum Gasteiger partial charge on any atom is 0.306 e. The van der Waals surface area contributed by atoms with E-state index in [0.29, 0.717) is 47.5 Å². The lowest BCUT2D eigenvalue weighted by molar-refractivity contribution is -0.143. The molecule has 2 aromatic rings. The first kappa shape index (κ1) is 20.8. The molecule has 1 aromatic heterocycles. The Morgan fingerprint density at radius 3 is 2.29 bits per heavy atom. The maximum absolute atomic E-state index is 11.3. The van der Waals surface area contributed by atoms with Crippen molar-refractivity contribution in [2.45, 2.75) is 18.9 Å². The maximum atomic E-state index is 11.3. The molecule has 1 unspecified atom stereocenters. The first-order chi connectivity index (χ1) is 13.5. The van der Waals surface area contributed by atoms with Gasteiger partial charge in [-0.2, -0.15) is 0 Å². The highest BCUT2D eigenvalue weighted by Gasteiger charge is 2.33. The molecular weight excluding hydrogens is 402 g/mol. The quantitative estimate of drug-likeness (QED) is 0.712. The van der Waals surface area contributed by atoms with E-state index in [9.17, 15) is 9.90 Å². The number of benzene rings is 1. The summed E-state index contributed by atoms with van der Waals surface area (Å²) in [7, 11) is 4.78. The number of carboxylic acid groups (broad SMARTS) is 1. The first-order valence-electron chi connectivity index (χ1n) is 9.01. The molecule has 8 heteroatoms. The van der Waals surface area contributed by atoms with E-state index < -0.39 is 5.97 Å². The van der Waals surface area contributed by atoms with Crippen molar-refractivity contribution in [3.8, 4) is 17.2 Å². The second-order valence-electron chi connectivity index (χ2n) is 6.62. The summed E-state index contributed by atoms with van der Waals surface area (Å²) < 4.78 is 17.4. The lowest BCUT2D eigenvalue weighted by Crippen LogP contribution is -2.39. The average Bonchev–Trinajstić information content (AvgIpc) is 3.13. The van der Waals surface area contributed by atoms with Gasteiger partial charge < -0.3 is 19.3 Å². The van der Waals surface area contributed by atoms with Crippen LogP contribution >= 0.6 is 22.9 Å². The van der Waals surface area contributed by atoms with E-state index in [0.717, 1.165) is 10.4 Å². The number of piperidine rings is 1. The normalized spacial score (nSPS) is 16.6. The number of rotatable bonds is 7. The minimum absolute atomic E-state index is 0.109. The zero-order valence-corrected chi connectivity index (χ0v) is 17.7. The Hall–Kier alpha value is -1.96. The predicted octanol–water partition coefficient (Wildman–Crippen LogP) is 4.31. The van der Waals surface area contributed by atoms with Crippen LogP contribution in [0.1, 0.15) is 29.3 Å². The van der Waals surface area contributed by atoms with Crippen molar-refractivity contribution in [1.82, 2.24) is 4.90 Å². The fourth-order valence-electron chi connectivity index (χ4n) is 3.75. The largest absolute Gasteiger partial charge is 0.493 e. The highest BCUT2D eigenvalue weighted by molar-refractivity contribution is 7.16. The number of halogens is 1. The number of hydrogen-bond acceptors (Lipinski definition) is 6. The molecule has 0 saturated carbocycles. The van der Waals surface area contributed by atoms with Crippen molar-refractivity contribution < 1.29 is 24.1 Å². The molecule has 1 aliphatic heterocycles. The summed E-state index contributed by atoms with van der Waals surface area (Å²) in [5.41, 5.74) is 0.937. The first-order valence-corrected chi connectivity index (χ1v) is 10.2. The molecule has 0 radical (unpaired) electrons. The summed E-state index contributed by atoms with van der Waals surface area (Å²) in [4.78, 5) is 14.7. The summed E-state index contributed by atoms with van der Waals surface area (Å²) in [6, 6.07) is 7.62. The molecule has 0 spiro atoms. The Kier molecular flexibility index (Phi) is 6.69. The highest BCUT2D eigenvalue weighted by Crippen LogP contribution is 2.47. The molecule has 6 nitrogen and oxygen atoms in total. The van der Waals surface area contributed by atoms with Gasteiger partial charge in [-0.15, -0.1) is 11.3 Å².